The van der Waals surface area contributed by atoms with Crippen LogP contribution in [0.25, 0.3) is 11.1 Å². The Bertz CT molecular complexity index is 1430. The number of rotatable bonds is 13. The largest absolute Gasteiger partial charge is 0.461 e. The fourth-order valence-corrected chi connectivity index (χ4v) is 5.66. The lowest BCUT2D eigenvalue weighted by Crippen LogP contribution is -2.44. The number of hydrogen-bond donors (Lipinski definition) is 2. The molecule has 1 heterocycles. The molecule has 9 nitrogen and oxygen atoms in total. The summed E-state index contributed by atoms with van der Waals surface area (Å²) < 4.78 is 7.32. The van der Waals surface area contributed by atoms with E-state index in [0.717, 1.165) is 35.1 Å². The quantitative estimate of drug-likeness (QED) is 0.227. The van der Waals surface area contributed by atoms with E-state index in [9.17, 15) is 9.59 Å². The molecule has 1 aliphatic carbocycles. The monoisotopic (exact) mass is 566 g/mol. The van der Waals surface area contributed by atoms with Gasteiger partial charge in [0.2, 0.25) is 5.91 Å². The van der Waals surface area contributed by atoms with Crippen molar-refractivity contribution in [3.63, 3.8) is 0 Å². The zero-order valence-electron chi connectivity index (χ0n) is 24.0. The Labute approximate surface area is 246 Å². The third-order valence-electron chi connectivity index (χ3n) is 8.02. The number of tetrazole rings is 1. The van der Waals surface area contributed by atoms with Crippen LogP contribution in [0.1, 0.15) is 55.1 Å². The lowest BCUT2D eigenvalue weighted by Gasteiger charge is -2.29. The van der Waals surface area contributed by atoms with Crippen LogP contribution in [0.4, 0.5) is 0 Å². The number of hydrogen-bond acceptors (Lipinski definition) is 7. The van der Waals surface area contributed by atoms with Gasteiger partial charge < -0.3 is 15.4 Å². The molecule has 1 aliphatic rings. The molecular formula is C33H38N6O3. The number of ether oxygens (including phenoxy) is 1. The Morgan fingerprint density at radius 3 is 2.26 bits per heavy atom. The molecule has 1 atom stereocenters. The van der Waals surface area contributed by atoms with Gasteiger partial charge in [-0.05, 0) is 52.6 Å². The van der Waals surface area contributed by atoms with Gasteiger partial charge in [-0.3, -0.25) is 9.59 Å². The molecule has 1 saturated carbocycles. The number of nitrogens with one attached hydrogen (secondary N) is 2. The van der Waals surface area contributed by atoms with Crippen molar-refractivity contribution < 1.29 is 14.3 Å². The standard InChI is InChI=1S/C33H38N6O3/c1-34-20-21-39-31(36-37-38-39)29(22-25-14-16-28(17-15-25)27-12-6-3-7-13-27)35-32(41)33(18-8-9-19-33)23-30(40)42-24-26-10-4-2-5-11-26/h2-7,10-17,29,34H,8-9,18-24H2,1H3,(H,35,41). The highest BCUT2D eigenvalue weighted by atomic mass is 16.5. The molecule has 0 bridgehead atoms. The Morgan fingerprint density at radius 2 is 1.57 bits per heavy atom. The van der Waals surface area contributed by atoms with Crippen LogP contribution < -0.4 is 10.6 Å². The summed E-state index contributed by atoms with van der Waals surface area (Å²) in [6.45, 7) is 1.44. The van der Waals surface area contributed by atoms with Crippen molar-refractivity contribution in [2.45, 2.75) is 57.7 Å². The Balaban J connectivity index is 1.34. The third-order valence-corrected chi connectivity index (χ3v) is 8.02. The van der Waals surface area contributed by atoms with Gasteiger partial charge in [0, 0.05) is 13.0 Å². The van der Waals surface area contributed by atoms with E-state index in [4.69, 9.17) is 4.74 Å². The number of carbonyl (C=O) groups excluding carboxylic acids is 2. The fraction of sp³-hybridized carbons (Fsp3) is 0.364. The topological polar surface area (TPSA) is 111 Å². The minimum atomic E-state index is -0.813. The molecule has 0 aliphatic heterocycles. The Kier molecular flexibility index (Phi) is 9.71. The summed E-state index contributed by atoms with van der Waals surface area (Å²) >= 11 is 0. The van der Waals surface area contributed by atoms with Crippen molar-refractivity contribution in [1.82, 2.24) is 30.8 Å². The highest BCUT2D eigenvalue weighted by Gasteiger charge is 2.44. The number of likely N-dealkylation sites (N-methyl/N-ethyl adjacent to an activating group) is 1. The molecule has 0 saturated heterocycles. The van der Waals surface area contributed by atoms with Gasteiger partial charge in [-0.15, -0.1) is 5.10 Å². The molecule has 1 fully saturated rings. The zero-order valence-corrected chi connectivity index (χ0v) is 24.0. The first-order chi connectivity index (χ1) is 20.6. The highest BCUT2D eigenvalue weighted by molar-refractivity contribution is 5.88. The highest BCUT2D eigenvalue weighted by Crippen LogP contribution is 2.42. The number of aromatic nitrogens is 4. The van der Waals surface area contributed by atoms with Crippen LogP contribution in [-0.4, -0.2) is 45.7 Å². The average Bonchev–Trinajstić information content (AvgIpc) is 3.70. The second-order valence-corrected chi connectivity index (χ2v) is 11.0. The minimum Gasteiger partial charge on any atom is -0.461 e. The second kappa shape index (κ2) is 14.0. The zero-order chi connectivity index (χ0) is 29.2. The molecular weight excluding hydrogens is 528 g/mol. The lowest BCUT2D eigenvalue weighted by molar-refractivity contribution is -0.151. The van der Waals surface area contributed by atoms with E-state index in [0.29, 0.717) is 38.2 Å². The maximum atomic E-state index is 14.0. The van der Waals surface area contributed by atoms with Gasteiger partial charge >= 0.3 is 5.97 Å². The normalized spacial score (nSPS) is 14.8. The number of benzene rings is 3. The second-order valence-electron chi connectivity index (χ2n) is 11.0. The number of esters is 1. The van der Waals surface area contributed by atoms with Crippen LogP contribution in [0.2, 0.25) is 0 Å². The van der Waals surface area contributed by atoms with E-state index in [2.05, 4.69) is 62.6 Å². The maximum Gasteiger partial charge on any atom is 0.307 e. The third kappa shape index (κ3) is 7.28. The van der Waals surface area contributed by atoms with E-state index in [1.807, 2.05) is 55.6 Å². The Morgan fingerprint density at radius 1 is 0.905 bits per heavy atom. The summed E-state index contributed by atoms with van der Waals surface area (Å²) in [5.74, 6) is 0.0825. The van der Waals surface area contributed by atoms with Gasteiger partial charge in [0.05, 0.1) is 24.4 Å². The molecule has 0 radical (unpaired) electrons. The number of nitrogens with zero attached hydrogens (tertiary/aromatic N) is 4. The molecule has 1 unspecified atom stereocenters. The summed E-state index contributed by atoms with van der Waals surface area (Å²) in [7, 11) is 1.87. The molecule has 1 aromatic heterocycles. The van der Waals surface area contributed by atoms with Crippen LogP contribution in [0.3, 0.4) is 0 Å². The van der Waals surface area contributed by atoms with E-state index in [1.54, 1.807) is 4.68 Å². The molecule has 3 aromatic carbocycles. The molecule has 4 aromatic rings. The molecule has 42 heavy (non-hydrogen) atoms. The van der Waals surface area contributed by atoms with E-state index in [1.165, 1.54) is 0 Å². The van der Waals surface area contributed by atoms with Crippen molar-refractivity contribution in [1.29, 1.82) is 0 Å². The van der Waals surface area contributed by atoms with Gasteiger partial charge in [-0.25, -0.2) is 4.68 Å². The number of amides is 1. The molecule has 218 valence electrons. The summed E-state index contributed by atoms with van der Waals surface area (Å²) in [6, 6.07) is 27.7. The van der Waals surface area contributed by atoms with Crippen LogP contribution in [0.5, 0.6) is 0 Å². The molecule has 1 amide bonds. The van der Waals surface area contributed by atoms with E-state index >= 15 is 0 Å². The van der Waals surface area contributed by atoms with Crippen molar-refractivity contribution in [3.8, 4) is 11.1 Å². The van der Waals surface area contributed by atoms with Crippen molar-refractivity contribution in [3.05, 3.63) is 102 Å². The smallest absolute Gasteiger partial charge is 0.307 e. The van der Waals surface area contributed by atoms with Crippen molar-refractivity contribution in [2.75, 3.05) is 13.6 Å². The molecule has 9 heteroatoms. The first-order valence-corrected chi connectivity index (χ1v) is 14.6. The molecule has 0 spiro atoms. The van der Waals surface area contributed by atoms with E-state index < -0.39 is 11.5 Å². The van der Waals surface area contributed by atoms with Crippen molar-refractivity contribution in [2.24, 2.45) is 5.41 Å². The van der Waals surface area contributed by atoms with Gasteiger partial charge in [0.25, 0.3) is 0 Å². The van der Waals surface area contributed by atoms with Crippen molar-refractivity contribution >= 4 is 11.9 Å². The van der Waals surface area contributed by atoms with Crippen LogP contribution in [0, 0.1) is 5.41 Å². The average molecular weight is 567 g/mol. The van der Waals surface area contributed by atoms with Gasteiger partial charge in [0.1, 0.15) is 6.61 Å². The van der Waals surface area contributed by atoms with Crippen LogP contribution >= 0.6 is 0 Å². The fourth-order valence-electron chi connectivity index (χ4n) is 5.66. The molecule has 5 rings (SSSR count). The SMILES string of the molecule is CNCCn1nnnc1C(Cc1ccc(-c2ccccc2)cc1)NC(=O)C1(CC(=O)OCc2ccccc2)CCCC1. The maximum absolute atomic E-state index is 14.0. The van der Waals surface area contributed by atoms with Gasteiger partial charge in [-0.1, -0.05) is 97.8 Å². The summed E-state index contributed by atoms with van der Waals surface area (Å²) in [5, 5.41) is 18.8. The van der Waals surface area contributed by atoms with E-state index in [-0.39, 0.29) is 24.9 Å². The minimum absolute atomic E-state index is 0.0505. The van der Waals surface area contributed by atoms with Crippen LogP contribution in [0.15, 0.2) is 84.9 Å². The predicted molar refractivity (Wildman–Crippen MR) is 160 cm³/mol. The first kappa shape index (κ1) is 29.1. The number of carbonyl (C=O) groups is 2. The van der Waals surface area contributed by atoms with Gasteiger partial charge in [-0.2, -0.15) is 0 Å². The predicted octanol–water partition coefficient (Wildman–Crippen LogP) is 4.65. The molecule has 2 N–H and O–H groups in total. The summed E-state index contributed by atoms with van der Waals surface area (Å²) in [4.78, 5) is 27.0. The lowest BCUT2D eigenvalue weighted by atomic mass is 9.81. The Hall–Kier alpha value is -4.37. The van der Waals surface area contributed by atoms with Gasteiger partial charge in [0.15, 0.2) is 5.82 Å². The van der Waals surface area contributed by atoms with Crippen LogP contribution in [-0.2, 0) is 33.9 Å². The summed E-state index contributed by atoms with van der Waals surface area (Å²) in [6.07, 6.45) is 3.63. The first-order valence-electron chi connectivity index (χ1n) is 14.6. The summed E-state index contributed by atoms with van der Waals surface area (Å²) in [5.41, 5.74) is 3.42.